The predicted octanol–water partition coefficient (Wildman–Crippen LogP) is 0.528. The Morgan fingerprint density at radius 3 is 2.94 bits per heavy atom. The lowest BCUT2D eigenvalue weighted by atomic mass is 10.3. The van der Waals surface area contributed by atoms with Crippen LogP contribution in [0.3, 0.4) is 0 Å². The van der Waals surface area contributed by atoms with Crippen LogP contribution < -0.4 is 10.0 Å². The van der Waals surface area contributed by atoms with Crippen molar-refractivity contribution in [2.75, 3.05) is 18.6 Å². The zero-order valence-corrected chi connectivity index (χ0v) is 12.3. The van der Waals surface area contributed by atoms with Gasteiger partial charge >= 0.3 is 0 Å². The van der Waals surface area contributed by atoms with Gasteiger partial charge in [0.05, 0.1) is 4.90 Å². The van der Waals surface area contributed by atoms with E-state index in [1.54, 1.807) is 24.0 Å². The maximum absolute atomic E-state index is 12.2. The molecule has 1 atom stereocenters. The maximum atomic E-state index is 12.2. The van der Waals surface area contributed by atoms with Gasteiger partial charge in [0, 0.05) is 37.3 Å². The summed E-state index contributed by atoms with van der Waals surface area (Å²) in [5.41, 5.74) is 0.957. The molecule has 0 saturated carbocycles. The van der Waals surface area contributed by atoms with Gasteiger partial charge in [-0.2, -0.15) is 11.8 Å². The number of aryl methyl sites for hydroxylation is 1. The molecule has 0 radical (unpaired) electrons. The van der Waals surface area contributed by atoms with Crippen molar-refractivity contribution in [3.05, 3.63) is 18.0 Å². The Hall–Kier alpha value is -0.500. The Morgan fingerprint density at radius 1 is 1.56 bits per heavy atom. The second-order valence-corrected chi connectivity index (χ2v) is 7.35. The first kappa shape index (κ1) is 13.9. The average molecular weight is 289 g/mol. The number of sulfonamides is 1. The highest BCUT2D eigenvalue weighted by Gasteiger charge is 2.24. The van der Waals surface area contributed by atoms with E-state index < -0.39 is 10.0 Å². The second-order valence-electron chi connectivity index (χ2n) is 4.49. The first-order chi connectivity index (χ1) is 8.53. The third kappa shape index (κ3) is 3.09. The van der Waals surface area contributed by atoms with Gasteiger partial charge in [0.25, 0.3) is 0 Å². The summed E-state index contributed by atoms with van der Waals surface area (Å²) in [4.78, 5) is 0.354. The SMILES string of the molecule is CNCc1cc(S(=O)(=O)NC2CCSC2)cn1C. The summed E-state index contributed by atoms with van der Waals surface area (Å²) >= 11 is 1.79. The molecular weight excluding hydrogens is 270 g/mol. The summed E-state index contributed by atoms with van der Waals surface area (Å²) in [6, 6.07) is 1.80. The van der Waals surface area contributed by atoms with Crippen molar-refractivity contribution in [3.63, 3.8) is 0 Å². The van der Waals surface area contributed by atoms with Crippen molar-refractivity contribution in [3.8, 4) is 0 Å². The summed E-state index contributed by atoms with van der Waals surface area (Å²) in [6.45, 7) is 0.658. The van der Waals surface area contributed by atoms with Crippen LogP contribution in [-0.2, 0) is 23.6 Å². The van der Waals surface area contributed by atoms with Crippen LogP contribution in [0.25, 0.3) is 0 Å². The summed E-state index contributed by atoms with van der Waals surface area (Å²) < 4.78 is 29.0. The van der Waals surface area contributed by atoms with Crippen molar-refractivity contribution in [1.29, 1.82) is 0 Å². The van der Waals surface area contributed by atoms with E-state index in [4.69, 9.17) is 0 Å². The number of thioether (sulfide) groups is 1. The van der Waals surface area contributed by atoms with Crippen LogP contribution in [0.5, 0.6) is 0 Å². The summed E-state index contributed by atoms with van der Waals surface area (Å²) in [7, 11) is 0.325. The fourth-order valence-corrected chi connectivity index (χ4v) is 4.62. The van der Waals surface area contributed by atoms with E-state index in [0.717, 1.165) is 23.6 Å². The first-order valence-electron chi connectivity index (χ1n) is 5.93. The zero-order chi connectivity index (χ0) is 13.2. The van der Waals surface area contributed by atoms with Gasteiger partial charge in [0.2, 0.25) is 10.0 Å². The highest BCUT2D eigenvalue weighted by Crippen LogP contribution is 2.20. The number of rotatable bonds is 5. The number of hydrogen-bond donors (Lipinski definition) is 2. The van der Waals surface area contributed by atoms with Crippen molar-refractivity contribution in [1.82, 2.24) is 14.6 Å². The van der Waals surface area contributed by atoms with Gasteiger partial charge in [-0.3, -0.25) is 0 Å². The summed E-state index contributed by atoms with van der Waals surface area (Å²) in [5.74, 6) is 1.91. The average Bonchev–Trinajstić information content (AvgIpc) is 2.90. The molecule has 0 bridgehead atoms. The van der Waals surface area contributed by atoms with Gasteiger partial charge < -0.3 is 9.88 Å². The normalized spacial score (nSPS) is 20.4. The van der Waals surface area contributed by atoms with Crippen molar-refractivity contribution in [2.24, 2.45) is 7.05 Å². The molecule has 1 fully saturated rings. The molecule has 2 rings (SSSR count). The fraction of sp³-hybridized carbons (Fsp3) is 0.636. The molecule has 0 spiro atoms. The van der Waals surface area contributed by atoms with Gasteiger partial charge in [-0.15, -0.1) is 0 Å². The Balaban J connectivity index is 2.15. The molecule has 18 heavy (non-hydrogen) atoms. The largest absolute Gasteiger partial charge is 0.352 e. The monoisotopic (exact) mass is 289 g/mol. The van der Waals surface area contributed by atoms with E-state index in [2.05, 4.69) is 10.0 Å². The van der Waals surface area contributed by atoms with Gasteiger partial charge in [0.1, 0.15) is 0 Å². The Morgan fingerprint density at radius 2 is 2.33 bits per heavy atom. The van der Waals surface area contributed by atoms with E-state index in [0.29, 0.717) is 11.4 Å². The maximum Gasteiger partial charge on any atom is 0.242 e. The summed E-state index contributed by atoms with van der Waals surface area (Å²) in [5, 5.41) is 3.02. The Bertz CT molecular complexity index is 504. The molecular formula is C11H19N3O2S2. The second kappa shape index (κ2) is 5.64. The van der Waals surface area contributed by atoms with Crippen LogP contribution in [0.2, 0.25) is 0 Å². The smallest absolute Gasteiger partial charge is 0.242 e. The molecule has 0 aliphatic carbocycles. The van der Waals surface area contributed by atoms with Crippen LogP contribution >= 0.6 is 11.8 Å². The van der Waals surface area contributed by atoms with Gasteiger partial charge in [-0.25, -0.2) is 13.1 Å². The van der Waals surface area contributed by atoms with Gasteiger partial charge in [-0.1, -0.05) is 0 Å². The summed E-state index contributed by atoms with van der Waals surface area (Å²) in [6.07, 6.45) is 2.58. The lowest BCUT2D eigenvalue weighted by Crippen LogP contribution is -2.34. The molecule has 5 nitrogen and oxygen atoms in total. The minimum atomic E-state index is -3.38. The molecule has 1 unspecified atom stereocenters. The van der Waals surface area contributed by atoms with Gasteiger partial charge in [-0.05, 0) is 25.3 Å². The first-order valence-corrected chi connectivity index (χ1v) is 8.56. The lowest BCUT2D eigenvalue weighted by Gasteiger charge is -2.10. The third-order valence-electron chi connectivity index (χ3n) is 3.00. The van der Waals surface area contributed by atoms with Crippen LogP contribution in [0, 0.1) is 0 Å². The van der Waals surface area contributed by atoms with E-state index in [1.807, 2.05) is 18.7 Å². The molecule has 1 aliphatic rings. The predicted molar refractivity (Wildman–Crippen MR) is 74.2 cm³/mol. The third-order valence-corrected chi connectivity index (χ3v) is 5.65. The van der Waals surface area contributed by atoms with E-state index in [-0.39, 0.29) is 6.04 Å². The van der Waals surface area contributed by atoms with E-state index in [9.17, 15) is 8.42 Å². The Labute approximate surface area is 112 Å². The number of aromatic nitrogens is 1. The zero-order valence-electron chi connectivity index (χ0n) is 10.6. The van der Waals surface area contributed by atoms with E-state index >= 15 is 0 Å². The molecule has 2 N–H and O–H groups in total. The molecule has 1 aliphatic heterocycles. The van der Waals surface area contributed by atoms with Crippen LogP contribution in [0.1, 0.15) is 12.1 Å². The van der Waals surface area contributed by atoms with E-state index in [1.165, 1.54) is 0 Å². The van der Waals surface area contributed by atoms with Crippen molar-refractivity contribution in [2.45, 2.75) is 23.9 Å². The van der Waals surface area contributed by atoms with Crippen LogP contribution in [0.4, 0.5) is 0 Å². The molecule has 0 amide bonds. The lowest BCUT2D eigenvalue weighted by molar-refractivity contribution is 0.563. The molecule has 2 heterocycles. The quantitative estimate of drug-likeness (QED) is 0.830. The van der Waals surface area contributed by atoms with Gasteiger partial charge in [0.15, 0.2) is 0 Å². The highest BCUT2D eigenvalue weighted by molar-refractivity contribution is 7.99. The standard InChI is InChI=1S/C11H19N3O2S2/c1-12-6-10-5-11(7-14(10)2)18(15,16)13-9-3-4-17-8-9/h5,7,9,12-13H,3-4,6,8H2,1-2H3. The number of nitrogens with one attached hydrogen (secondary N) is 2. The van der Waals surface area contributed by atoms with Crippen molar-refractivity contribution < 1.29 is 8.42 Å². The fourth-order valence-electron chi connectivity index (χ4n) is 2.00. The molecule has 0 aromatic carbocycles. The minimum Gasteiger partial charge on any atom is -0.352 e. The topological polar surface area (TPSA) is 63.1 Å². The Kier molecular flexibility index (Phi) is 4.37. The minimum absolute atomic E-state index is 0.0768. The van der Waals surface area contributed by atoms with Crippen LogP contribution in [-0.4, -0.2) is 37.6 Å². The molecule has 7 heteroatoms. The molecule has 1 saturated heterocycles. The van der Waals surface area contributed by atoms with Crippen molar-refractivity contribution >= 4 is 21.8 Å². The molecule has 1 aromatic heterocycles. The molecule has 102 valence electrons. The molecule has 1 aromatic rings. The van der Waals surface area contributed by atoms with Crippen LogP contribution in [0.15, 0.2) is 17.2 Å². The number of hydrogen-bond acceptors (Lipinski definition) is 4. The number of nitrogens with zero attached hydrogens (tertiary/aromatic N) is 1. The highest BCUT2D eigenvalue weighted by atomic mass is 32.2.